The number of cyclic esters (lactones) is 1. The fourth-order valence-electron chi connectivity index (χ4n) is 1.56. The third-order valence-corrected chi connectivity index (χ3v) is 3.53. The zero-order valence-corrected chi connectivity index (χ0v) is 7.08. The highest BCUT2D eigenvalue weighted by atomic mass is 32.2. The molecule has 2 aliphatic heterocycles. The first-order valence-electron chi connectivity index (χ1n) is 3.83. The van der Waals surface area contributed by atoms with E-state index in [4.69, 9.17) is 4.74 Å². The molecule has 1 spiro atoms. The summed E-state index contributed by atoms with van der Waals surface area (Å²) in [5.74, 6) is 2.22. The van der Waals surface area contributed by atoms with Crippen molar-refractivity contribution in [1.29, 1.82) is 0 Å². The quantitative estimate of drug-likeness (QED) is 0.593. The molecule has 1 N–H and O–H groups in total. The predicted molar refractivity (Wildman–Crippen MR) is 43.8 cm³/mol. The van der Waals surface area contributed by atoms with Crippen LogP contribution in [0.1, 0.15) is 12.8 Å². The van der Waals surface area contributed by atoms with Gasteiger partial charge in [0.15, 0.2) is 0 Å². The molecule has 62 valence electrons. The highest BCUT2D eigenvalue weighted by Crippen LogP contribution is 2.32. The topological polar surface area (TPSA) is 38.3 Å². The number of alkyl carbamates (subject to hydrolysis) is 1. The van der Waals surface area contributed by atoms with E-state index in [1.54, 1.807) is 0 Å². The van der Waals surface area contributed by atoms with Gasteiger partial charge in [0.05, 0.1) is 12.1 Å². The fraction of sp³-hybridized carbons (Fsp3) is 0.857. The van der Waals surface area contributed by atoms with Gasteiger partial charge in [0.25, 0.3) is 0 Å². The number of rotatable bonds is 0. The van der Waals surface area contributed by atoms with Crippen molar-refractivity contribution in [3.8, 4) is 0 Å². The molecule has 0 aromatic rings. The van der Waals surface area contributed by atoms with Crippen molar-refractivity contribution in [1.82, 2.24) is 5.32 Å². The van der Waals surface area contributed by atoms with E-state index in [0.717, 1.165) is 18.6 Å². The van der Waals surface area contributed by atoms with Crippen LogP contribution in [0.5, 0.6) is 0 Å². The van der Waals surface area contributed by atoms with Crippen molar-refractivity contribution in [2.45, 2.75) is 18.4 Å². The number of amides is 1. The number of hydrogen-bond acceptors (Lipinski definition) is 3. The molecule has 2 fully saturated rings. The Labute approximate surface area is 69.9 Å². The van der Waals surface area contributed by atoms with E-state index in [0.29, 0.717) is 6.61 Å². The van der Waals surface area contributed by atoms with Gasteiger partial charge >= 0.3 is 6.09 Å². The van der Waals surface area contributed by atoms with Crippen molar-refractivity contribution in [3.63, 3.8) is 0 Å². The van der Waals surface area contributed by atoms with Gasteiger partial charge in [0, 0.05) is 12.2 Å². The molecular weight excluding hydrogens is 162 g/mol. The zero-order chi connectivity index (χ0) is 7.73. The Balaban J connectivity index is 2.05. The Kier molecular flexibility index (Phi) is 1.71. The maximum atomic E-state index is 10.9. The minimum Gasteiger partial charge on any atom is -0.449 e. The minimum absolute atomic E-state index is 0.0833. The standard InChI is InChI=1S/C7H11NO2S/c9-6-8-7(1-3-10-6)2-4-11-5-7/h1-5H2,(H,8,9). The summed E-state index contributed by atoms with van der Waals surface area (Å²) in [4.78, 5) is 10.9. The summed E-state index contributed by atoms with van der Waals surface area (Å²) in [5.41, 5.74) is 0.0833. The second-order valence-corrected chi connectivity index (χ2v) is 4.20. The molecule has 3 nitrogen and oxygen atoms in total. The van der Waals surface area contributed by atoms with Crippen LogP contribution in [-0.4, -0.2) is 29.7 Å². The summed E-state index contributed by atoms with van der Waals surface area (Å²) in [6.45, 7) is 0.590. The van der Waals surface area contributed by atoms with Crippen LogP contribution in [0.3, 0.4) is 0 Å². The van der Waals surface area contributed by atoms with E-state index in [1.165, 1.54) is 5.75 Å². The maximum Gasteiger partial charge on any atom is 0.407 e. The average Bonchev–Trinajstić information content (AvgIpc) is 2.37. The number of ether oxygens (including phenoxy) is 1. The van der Waals surface area contributed by atoms with Crippen molar-refractivity contribution >= 4 is 17.9 Å². The van der Waals surface area contributed by atoms with Gasteiger partial charge in [-0.15, -0.1) is 0 Å². The normalized spacial score (nSPS) is 36.9. The van der Waals surface area contributed by atoms with Crippen LogP contribution in [0.15, 0.2) is 0 Å². The van der Waals surface area contributed by atoms with Gasteiger partial charge in [-0.25, -0.2) is 4.79 Å². The molecule has 1 unspecified atom stereocenters. The summed E-state index contributed by atoms with van der Waals surface area (Å²) in [6, 6.07) is 0. The van der Waals surface area contributed by atoms with Gasteiger partial charge in [-0.2, -0.15) is 11.8 Å². The van der Waals surface area contributed by atoms with Crippen LogP contribution in [0.25, 0.3) is 0 Å². The van der Waals surface area contributed by atoms with Gasteiger partial charge in [0.1, 0.15) is 0 Å². The van der Waals surface area contributed by atoms with Gasteiger partial charge in [0.2, 0.25) is 0 Å². The Bertz CT molecular complexity index is 177. The van der Waals surface area contributed by atoms with Gasteiger partial charge in [-0.3, -0.25) is 0 Å². The van der Waals surface area contributed by atoms with Gasteiger partial charge in [-0.1, -0.05) is 0 Å². The third kappa shape index (κ3) is 1.31. The predicted octanol–water partition coefficient (Wildman–Crippen LogP) is 0.992. The molecular formula is C7H11NO2S. The van der Waals surface area contributed by atoms with E-state index >= 15 is 0 Å². The average molecular weight is 173 g/mol. The first kappa shape index (κ1) is 7.28. The third-order valence-electron chi connectivity index (χ3n) is 2.28. The van der Waals surface area contributed by atoms with Crippen LogP contribution in [0, 0.1) is 0 Å². The molecule has 2 saturated heterocycles. The van der Waals surface area contributed by atoms with Crippen LogP contribution >= 0.6 is 11.8 Å². The number of carbonyl (C=O) groups excluding carboxylic acids is 1. The van der Waals surface area contributed by atoms with E-state index < -0.39 is 0 Å². The maximum absolute atomic E-state index is 10.9. The van der Waals surface area contributed by atoms with E-state index in [1.807, 2.05) is 11.8 Å². The summed E-state index contributed by atoms with van der Waals surface area (Å²) < 4.78 is 4.81. The highest BCUT2D eigenvalue weighted by Gasteiger charge is 2.38. The van der Waals surface area contributed by atoms with Crippen molar-refractivity contribution in [2.24, 2.45) is 0 Å². The Morgan fingerprint density at radius 1 is 1.55 bits per heavy atom. The molecule has 0 saturated carbocycles. The van der Waals surface area contributed by atoms with Gasteiger partial charge < -0.3 is 10.1 Å². The Morgan fingerprint density at radius 3 is 3.09 bits per heavy atom. The lowest BCUT2D eigenvalue weighted by atomic mass is 9.94. The summed E-state index contributed by atoms with van der Waals surface area (Å²) in [5, 5.41) is 2.91. The number of thioether (sulfide) groups is 1. The first-order chi connectivity index (χ1) is 5.31. The molecule has 0 aromatic heterocycles. The SMILES string of the molecule is O=C1NC2(CCO1)CCSC2. The van der Waals surface area contributed by atoms with E-state index in [-0.39, 0.29) is 11.6 Å². The van der Waals surface area contributed by atoms with Crippen molar-refractivity contribution in [3.05, 3.63) is 0 Å². The Morgan fingerprint density at radius 2 is 2.45 bits per heavy atom. The number of nitrogens with one attached hydrogen (secondary N) is 1. The van der Waals surface area contributed by atoms with Crippen LogP contribution in [-0.2, 0) is 4.74 Å². The lowest BCUT2D eigenvalue weighted by Gasteiger charge is -2.32. The zero-order valence-electron chi connectivity index (χ0n) is 6.26. The molecule has 2 aliphatic rings. The van der Waals surface area contributed by atoms with Crippen LogP contribution in [0.4, 0.5) is 4.79 Å². The molecule has 1 amide bonds. The highest BCUT2D eigenvalue weighted by molar-refractivity contribution is 7.99. The molecule has 0 bridgehead atoms. The van der Waals surface area contributed by atoms with Crippen LogP contribution in [0.2, 0.25) is 0 Å². The summed E-state index contributed by atoms with van der Waals surface area (Å²) >= 11 is 1.91. The molecule has 0 aliphatic carbocycles. The second kappa shape index (κ2) is 2.59. The second-order valence-electron chi connectivity index (χ2n) is 3.09. The monoisotopic (exact) mass is 173 g/mol. The minimum atomic E-state index is -0.237. The lowest BCUT2D eigenvalue weighted by Crippen LogP contribution is -2.53. The Hall–Kier alpha value is -0.380. The number of hydrogen-bond donors (Lipinski definition) is 1. The molecule has 0 aromatic carbocycles. The largest absolute Gasteiger partial charge is 0.449 e. The number of carbonyl (C=O) groups is 1. The smallest absolute Gasteiger partial charge is 0.407 e. The molecule has 2 heterocycles. The molecule has 0 radical (unpaired) electrons. The summed E-state index contributed by atoms with van der Waals surface area (Å²) in [6.07, 6.45) is 1.84. The molecule has 11 heavy (non-hydrogen) atoms. The van der Waals surface area contributed by atoms with Crippen LogP contribution < -0.4 is 5.32 Å². The lowest BCUT2D eigenvalue weighted by molar-refractivity contribution is 0.0942. The van der Waals surface area contributed by atoms with Gasteiger partial charge in [-0.05, 0) is 12.2 Å². The molecule has 2 rings (SSSR count). The molecule has 1 atom stereocenters. The van der Waals surface area contributed by atoms with Crippen molar-refractivity contribution in [2.75, 3.05) is 18.1 Å². The van der Waals surface area contributed by atoms with E-state index in [9.17, 15) is 4.79 Å². The summed E-state index contributed by atoms with van der Waals surface area (Å²) in [7, 11) is 0. The first-order valence-corrected chi connectivity index (χ1v) is 4.99. The van der Waals surface area contributed by atoms with E-state index in [2.05, 4.69) is 5.32 Å². The van der Waals surface area contributed by atoms with Crippen molar-refractivity contribution < 1.29 is 9.53 Å². The molecule has 4 heteroatoms. The fourth-order valence-corrected chi connectivity index (χ4v) is 2.99.